The van der Waals surface area contributed by atoms with Crippen LogP contribution in [0, 0.1) is 0 Å². The van der Waals surface area contributed by atoms with Gasteiger partial charge in [0.1, 0.15) is 0 Å². The Bertz CT molecular complexity index is 594. The first-order valence-electron chi connectivity index (χ1n) is 6.83. The van der Waals surface area contributed by atoms with Gasteiger partial charge in [0.15, 0.2) is 4.67 Å². The van der Waals surface area contributed by atoms with Crippen LogP contribution in [0.15, 0.2) is 51.7 Å². The molecule has 0 N–H and O–H groups in total. The molecule has 2 heterocycles. The lowest BCUT2D eigenvalue weighted by molar-refractivity contribution is 0.0734. The van der Waals surface area contributed by atoms with Crippen LogP contribution in [-0.2, 0) is 6.42 Å². The highest BCUT2D eigenvalue weighted by Gasteiger charge is 2.30. The van der Waals surface area contributed by atoms with Gasteiger partial charge in [0.05, 0.1) is 11.8 Å². The van der Waals surface area contributed by atoms with E-state index in [-0.39, 0.29) is 11.9 Å². The number of carbonyl (C=O) groups excluding carboxylic acids is 1. The Morgan fingerprint density at radius 3 is 2.80 bits per heavy atom. The first kappa shape index (κ1) is 13.4. The van der Waals surface area contributed by atoms with Crippen molar-refractivity contribution in [2.45, 2.75) is 25.3 Å². The van der Waals surface area contributed by atoms with Gasteiger partial charge in [0.25, 0.3) is 5.91 Å². The summed E-state index contributed by atoms with van der Waals surface area (Å²) in [6, 6.07) is 12.4. The molecule has 1 unspecified atom stereocenters. The van der Waals surface area contributed by atoms with Crippen molar-refractivity contribution in [2.24, 2.45) is 0 Å². The van der Waals surface area contributed by atoms with Crippen LogP contribution in [0.1, 0.15) is 28.8 Å². The second-order valence-corrected chi connectivity index (χ2v) is 5.81. The summed E-state index contributed by atoms with van der Waals surface area (Å²) in [4.78, 5) is 14.5. The van der Waals surface area contributed by atoms with E-state index in [0.29, 0.717) is 10.2 Å². The molecule has 1 aromatic heterocycles. The molecule has 0 radical (unpaired) electrons. The molecular formula is C16H16BrNO2. The summed E-state index contributed by atoms with van der Waals surface area (Å²) in [6.45, 7) is 0.827. The lowest BCUT2D eigenvalue weighted by Crippen LogP contribution is -2.36. The number of rotatable bonds is 3. The van der Waals surface area contributed by atoms with Gasteiger partial charge < -0.3 is 9.32 Å². The van der Waals surface area contributed by atoms with Crippen LogP contribution < -0.4 is 0 Å². The quantitative estimate of drug-likeness (QED) is 0.853. The Morgan fingerprint density at radius 2 is 2.10 bits per heavy atom. The van der Waals surface area contributed by atoms with Crippen molar-refractivity contribution >= 4 is 21.8 Å². The Hall–Kier alpha value is -1.55. The average molecular weight is 334 g/mol. The number of hydrogen-bond donors (Lipinski definition) is 0. The van der Waals surface area contributed by atoms with Crippen molar-refractivity contribution in [3.05, 3.63) is 58.5 Å². The SMILES string of the molecule is O=C(c1ccoc1Br)N1CCCC1Cc1ccccc1. The molecule has 0 aliphatic carbocycles. The van der Waals surface area contributed by atoms with E-state index in [0.717, 1.165) is 25.8 Å². The number of halogens is 1. The Kier molecular flexibility index (Phi) is 3.92. The maximum Gasteiger partial charge on any atom is 0.258 e. The molecule has 4 heteroatoms. The number of nitrogens with zero attached hydrogens (tertiary/aromatic N) is 1. The summed E-state index contributed by atoms with van der Waals surface area (Å²) >= 11 is 3.29. The Labute approximate surface area is 126 Å². The molecule has 3 nitrogen and oxygen atoms in total. The molecule has 2 aromatic rings. The van der Waals surface area contributed by atoms with Crippen molar-refractivity contribution < 1.29 is 9.21 Å². The van der Waals surface area contributed by atoms with Crippen molar-refractivity contribution in [2.75, 3.05) is 6.54 Å². The number of benzene rings is 1. The lowest BCUT2D eigenvalue weighted by atomic mass is 10.0. The topological polar surface area (TPSA) is 33.5 Å². The highest BCUT2D eigenvalue weighted by atomic mass is 79.9. The van der Waals surface area contributed by atoms with Crippen LogP contribution >= 0.6 is 15.9 Å². The molecule has 1 fully saturated rings. The summed E-state index contributed by atoms with van der Waals surface area (Å²) < 4.78 is 5.69. The van der Waals surface area contributed by atoms with Gasteiger partial charge in [-0.1, -0.05) is 30.3 Å². The van der Waals surface area contributed by atoms with Gasteiger partial charge >= 0.3 is 0 Å². The summed E-state index contributed by atoms with van der Waals surface area (Å²) in [7, 11) is 0. The molecule has 1 aromatic carbocycles. The van der Waals surface area contributed by atoms with Gasteiger partial charge in [-0.15, -0.1) is 0 Å². The van der Waals surface area contributed by atoms with E-state index in [4.69, 9.17) is 4.42 Å². The van der Waals surface area contributed by atoms with Gasteiger partial charge in [-0.3, -0.25) is 4.79 Å². The summed E-state index contributed by atoms with van der Waals surface area (Å²) in [5.41, 5.74) is 1.90. The number of hydrogen-bond acceptors (Lipinski definition) is 2. The van der Waals surface area contributed by atoms with Crippen LogP contribution in [0.25, 0.3) is 0 Å². The number of likely N-dealkylation sites (tertiary alicyclic amines) is 1. The number of carbonyl (C=O) groups is 1. The van der Waals surface area contributed by atoms with Gasteiger partial charge in [-0.25, -0.2) is 0 Å². The first-order valence-corrected chi connectivity index (χ1v) is 7.63. The summed E-state index contributed by atoms with van der Waals surface area (Å²) in [5.74, 6) is 0.0593. The molecule has 1 aliphatic rings. The molecule has 104 valence electrons. The smallest absolute Gasteiger partial charge is 0.258 e. The Morgan fingerprint density at radius 1 is 1.30 bits per heavy atom. The second-order valence-electron chi connectivity index (χ2n) is 5.09. The summed E-state index contributed by atoms with van der Waals surface area (Å²) in [5, 5.41) is 0. The standard InChI is InChI=1S/C16H16BrNO2/c17-15-14(8-10-20-15)16(19)18-9-4-7-13(18)11-12-5-2-1-3-6-12/h1-3,5-6,8,10,13H,4,7,9,11H2. The molecule has 1 amide bonds. The fourth-order valence-electron chi connectivity index (χ4n) is 2.80. The largest absolute Gasteiger partial charge is 0.457 e. The van der Waals surface area contributed by atoms with Crippen molar-refractivity contribution in [3.63, 3.8) is 0 Å². The molecule has 0 spiro atoms. The third-order valence-corrected chi connectivity index (χ3v) is 4.41. The van der Waals surface area contributed by atoms with Gasteiger partial charge in [0.2, 0.25) is 0 Å². The van der Waals surface area contributed by atoms with Crippen molar-refractivity contribution in [3.8, 4) is 0 Å². The highest BCUT2D eigenvalue weighted by Crippen LogP contribution is 2.26. The molecule has 0 bridgehead atoms. The van der Waals surface area contributed by atoms with Gasteiger partial charge in [-0.2, -0.15) is 0 Å². The third-order valence-electron chi connectivity index (χ3n) is 3.80. The lowest BCUT2D eigenvalue weighted by Gasteiger charge is -2.24. The average Bonchev–Trinajstić information content (AvgIpc) is 3.08. The van der Waals surface area contributed by atoms with E-state index < -0.39 is 0 Å². The van der Waals surface area contributed by atoms with Crippen LogP contribution in [0.4, 0.5) is 0 Å². The normalized spacial score (nSPS) is 18.4. The summed E-state index contributed by atoms with van der Waals surface area (Å²) in [6.07, 6.45) is 4.59. The van der Waals surface area contributed by atoms with Crippen LogP contribution in [-0.4, -0.2) is 23.4 Å². The zero-order valence-corrected chi connectivity index (χ0v) is 12.7. The zero-order chi connectivity index (χ0) is 13.9. The van der Waals surface area contributed by atoms with Gasteiger partial charge in [0, 0.05) is 12.6 Å². The molecule has 1 saturated heterocycles. The first-order chi connectivity index (χ1) is 9.75. The molecule has 20 heavy (non-hydrogen) atoms. The monoisotopic (exact) mass is 333 g/mol. The van der Waals surface area contributed by atoms with E-state index >= 15 is 0 Å². The van der Waals surface area contributed by atoms with Crippen molar-refractivity contribution in [1.29, 1.82) is 0 Å². The van der Waals surface area contributed by atoms with Crippen LogP contribution in [0.3, 0.4) is 0 Å². The number of amides is 1. The molecule has 0 saturated carbocycles. The molecule has 3 rings (SSSR count). The third kappa shape index (κ3) is 2.66. The number of furan rings is 1. The van der Waals surface area contributed by atoms with Crippen LogP contribution in [0.2, 0.25) is 0 Å². The molecule has 1 aliphatic heterocycles. The van der Waals surface area contributed by atoms with E-state index in [1.807, 2.05) is 23.1 Å². The second kappa shape index (κ2) is 5.83. The van der Waals surface area contributed by atoms with Crippen molar-refractivity contribution in [1.82, 2.24) is 4.90 Å². The van der Waals surface area contributed by atoms with E-state index in [1.165, 1.54) is 5.56 Å². The fraction of sp³-hybridized carbons (Fsp3) is 0.312. The Balaban J connectivity index is 1.76. The van der Waals surface area contributed by atoms with Gasteiger partial charge in [-0.05, 0) is 46.8 Å². The molecular weight excluding hydrogens is 318 g/mol. The zero-order valence-electron chi connectivity index (χ0n) is 11.1. The maximum absolute atomic E-state index is 12.6. The molecule has 1 atom stereocenters. The highest BCUT2D eigenvalue weighted by molar-refractivity contribution is 9.10. The van der Waals surface area contributed by atoms with E-state index in [1.54, 1.807) is 12.3 Å². The minimum atomic E-state index is 0.0593. The fourth-order valence-corrected chi connectivity index (χ4v) is 3.21. The van der Waals surface area contributed by atoms with E-state index in [9.17, 15) is 4.79 Å². The minimum absolute atomic E-state index is 0.0593. The maximum atomic E-state index is 12.6. The van der Waals surface area contributed by atoms with Crippen LogP contribution in [0.5, 0.6) is 0 Å². The predicted octanol–water partition coefficient (Wildman–Crippen LogP) is 3.89. The minimum Gasteiger partial charge on any atom is -0.457 e. The predicted molar refractivity (Wildman–Crippen MR) is 80.6 cm³/mol. The van der Waals surface area contributed by atoms with E-state index in [2.05, 4.69) is 28.1 Å².